The lowest BCUT2D eigenvalue weighted by molar-refractivity contribution is -0.00432. The second-order valence-electron chi connectivity index (χ2n) is 7.19. The summed E-state index contributed by atoms with van der Waals surface area (Å²) in [6.07, 6.45) is 4.42. The van der Waals surface area contributed by atoms with E-state index in [1.807, 2.05) is 0 Å². The number of nitrogens with zero attached hydrogens (tertiary/aromatic N) is 5. The summed E-state index contributed by atoms with van der Waals surface area (Å²) in [5, 5.41) is 0.812. The predicted octanol–water partition coefficient (Wildman–Crippen LogP) is 1.72. The molecule has 10 heteroatoms. The molecular formula is C20H19FN6O3. The van der Waals surface area contributed by atoms with Crippen LogP contribution in [0.15, 0.2) is 24.7 Å². The lowest BCUT2D eigenvalue weighted by Crippen LogP contribution is -2.44. The minimum absolute atomic E-state index is 0.243. The molecule has 30 heavy (non-hydrogen) atoms. The largest absolute Gasteiger partial charge is 0.383 e. The van der Waals surface area contributed by atoms with E-state index in [4.69, 9.17) is 15.2 Å². The number of hydrogen-bond acceptors (Lipinski definition) is 8. The van der Waals surface area contributed by atoms with Crippen LogP contribution in [0.25, 0.3) is 10.9 Å². The number of hydrogen-bond donors (Lipinski definition) is 1. The molecule has 0 spiro atoms. The van der Waals surface area contributed by atoms with Gasteiger partial charge in [-0.2, -0.15) is 0 Å². The Bertz CT molecular complexity index is 1120. The van der Waals surface area contributed by atoms with Crippen LogP contribution in [0.2, 0.25) is 0 Å². The summed E-state index contributed by atoms with van der Waals surface area (Å²) in [6, 6.07) is 1.31. The lowest BCUT2D eigenvalue weighted by atomic mass is 10.0. The number of morpholine rings is 1. The van der Waals surface area contributed by atoms with Crippen molar-refractivity contribution in [2.24, 2.45) is 0 Å². The fourth-order valence-corrected chi connectivity index (χ4v) is 3.84. The number of aromatic nitrogens is 4. The zero-order valence-corrected chi connectivity index (χ0v) is 16.0. The van der Waals surface area contributed by atoms with Crippen molar-refractivity contribution in [2.75, 3.05) is 25.5 Å². The van der Waals surface area contributed by atoms with Gasteiger partial charge in [0.15, 0.2) is 0 Å². The Hall–Kier alpha value is -3.24. The van der Waals surface area contributed by atoms with Crippen LogP contribution in [0.1, 0.15) is 39.0 Å². The highest BCUT2D eigenvalue weighted by atomic mass is 19.1. The van der Waals surface area contributed by atoms with Crippen molar-refractivity contribution in [1.29, 1.82) is 0 Å². The first kappa shape index (κ1) is 18.8. The van der Waals surface area contributed by atoms with Crippen molar-refractivity contribution in [3.63, 3.8) is 0 Å². The highest BCUT2D eigenvalue weighted by molar-refractivity contribution is 5.97. The third-order valence-electron chi connectivity index (χ3n) is 5.43. The van der Waals surface area contributed by atoms with Crippen LogP contribution in [-0.4, -0.2) is 50.5 Å². The highest BCUT2D eigenvalue weighted by Crippen LogP contribution is 2.32. The van der Waals surface area contributed by atoms with Gasteiger partial charge < -0.3 is 20.1 Å². The minimum Gasteiger partial charge on any atom is -0.383 e. The number of amides is 1. The lowest BCUT2D eigenvalue weighted by Gasteiger charge is -2.34. The molecule has 154 valence electrons. The molecule has 0 radical (unpaired) electrons. The van der Waals surface area contributed by atoms with Gasteiger partial charge in [-0.1, -0.05) is 0 Å². The summed E-state index contributed by atoms with van der Waals surface area (Å²) in [4.78, 5) is 32.0. The van der Waals surface area contributed by atoms with Crippen molar-refractivity contribution in [3.05, 3.63) is 52.9 Å². The summed E-state index contributed by atoms with van der Waals surface area (Å²) in [5.41, 5.74) is 9.53. The average molecular weight is 410 g/mol. The van der Waals surface area contributed by atoms with Crippen LogP contribution in [0.5, 0.6) is 0 Å². The monoisotopic (exact) mass is 410 g/mol. The smallest absolute Gasteiger partial charge is 0.273 e. The van der Waals surface area contributed by atoms with Crippen LogP contribution in [0.4, 0.5) is 10.2 Å². The molecule has 1 atom stereocenters. The molecule has 3 aromatic rings. The average Bonchev–Trinajstić information content (AvgIpc) is 3.30. The maximum Gasteiger partial charge on any atom is 0.273 e. The minimum atomic E-state index is -0.690. The van der Waals surface area contributed by atoms with E-state index < -0.39 is 12.7 Å². The first-order valence-electron chi connectivity index (χ1n) is 9.56. The summed E-state index contributed by atoms with van der Waals surface area (Å²) in [6.45, 7) is 1.22. The molecule has 2 N–H and O–H groups in total. The van der Waals surface area contributed by atoms with Gasteiger partial charge in [0.2, 0.25) is 0 Å². The molecule has 0 saturated carbocycles. The van der Waals surface area contributed by atoms with Gasteiger partial charge in [0.25, 0.3) is 5.91 Å². The van der Waals surface area contributed by atoms with Crippen molar-refractivity contribution in [3.8, 4) is 0 Å². The van der Waals surface area contributed by atoms with Crippen molar-refractivity contribution in [2.45, 2.75) is 25.9 Å². The second-order valence-corrected chi connectivity index (χ2v) is 7.19. The Balaban J connectivity index is 1.50. The molecular weight excluding hydrogens is 391 g/mol. The number of ether oxygens (including phenoxy) is 2. The Morgan fingerprint density at radius 1 is 1.17 bits per heavy atom. The zero-order valence-electron chi connectivity index (χ0n) is 16.0. The van der Waals surface area contributed by atoms with Crippen LogP contribution < -0.4 is 5.73 Å². The SMILES string of the molecule is Nc1nc2cnc(C(=O)N3CCOC[C@H]3c3cnc(CF)cn3)cc2c2c1COC2. The maximum atomic E-state index is 13.3. The van der Waals surface area contributed by atoms with Gasteiger partial charge in [0, 0.05) is 17.5 Å². The van der Waals surface area contributed by atoms with Crippen LogP contribution in [0, 0.1) is 0 Å². The number of carbonyl (C=O) groups is 1. The van der Waals surface area contributed by atoms with E-state index in [1.54, 1.807) is 17.2 Å². The second kappa shape index (κ2) is 7.54. The van der Waals surface area contributed by atoms with Gasteiger partial charge in [-0.3, -0.25) is 14.8 Å². The Morgan fingerprint density at radius 2 is 2.03 bits per heavy atom. The van der Waals surface area contributed by atoms with Crippen LogP contribution in [-0.2, 0) is 29.4 Å². The molecule has 5 heterocycles. The molecule has 1 amide bonds. The molecule has 9 nitrogen and oxygen atoms in total. The van der Waals surface area contributed by atoms with Crippen molar-refractivity contribution in [1.82, 2.24) is 24.8 Å². The summed E-state index contributed by atoms with van der Waals surface area (Å²) < 4.78 is 23.8. The van der Waals surface area contributed by atoms with E-state index in [2.05, 4.69) is 19.9 Å². The maximum absolute atomic E-state index is 13.3. The number of pyridine rings is 2. The van der Waals surface area contributed by atoms with Gasteiger partial charge in [-0.05, 0) is 11.6 Å². The van der Waals surface area contributed by atoms with Gasteiger partial charge in [-0.25, -0.2) is 14.4 Å². The molecule has 1 fully saturated rings. The number of carbonyl (C=O) groups excluding carboxylic acids is 1. The quantitative estimate of drug-likeness (QED) is 0.694. The molecule has 5 rings (SSSR count). The van der Waals surface area contributed by atoms with E-state index in [9.17, 15) is 9.18 Å². The fourth-order valence-electron chi connectivity index (χ4n) is 3.84. The van der Waals surface area contributed by atoms with E-state index in [-0.39, 0.29) is 18.2 Å². The van der Waals surface area contributed by atoms with Crippen molar-refractivity contribution >= 4 is 22.6 Å². The van der Waals surface area contributed by atoms with E-state index in [1.165, 1.54) is 12.4 Å². The summed E-state index contributed by atoms with van der Waals surface area (Å²) in [7, 11) is 0. The normalized spacial score (nSPS) is 18.6. The number of rotatable bonds is 3. The third-order valence-corrected chi connectivity index (χ3v) is 5.43. The summed E-state index contributed by atoms with van der Waals surface area (Å²) in [5.74, 6) is 0.186. The Kier molecular flexibility index (Phi) is 4.72. The van der Waals surface area contributed by atoms with Crippen LogP contribution in [0.3, 0.4) is 0 Å². The van der Waals surface area contributed by atoms with Gasteiger partial charge >= 0.3 is 0 Å². The number of fused-ring (bicyclic) bond motifs is 3. The third kappa shape index (κ3) is 3.14. The molecule has 2 aliphatic rings. The van der Waals surface area contributed by atoms with E-state index in [0.29, 0.717) is 49.1 Å². The Morgan fingerprint density at radius 3 is 2.83 bits per heavy atom. The van der Waals surface area contributed by atoms with E-state index >= 15 is 0 Å². The standard InChI is InChI=1S/C20H19FN6O3/c21-4-11-5-24-17(7-23-11)18-10-29-2-1-27(18)20(28)15-3-12-13-8-30-9-14(13)19(22)26-16(12)6-25-15/h3,5-7,18H,1-2,4,8-10H2,(H2,22,26)/t18-/m0/s1. The van der Waals surface area contributed by atoms with Gasteiger partial charge in [-0.15, -0.1) is 0 Å². The number of nitrogens with two attached hydrogens (primary N) is 1. The molecule has 3 aromatic heterocycles. The molecule has 0 bridgehead atoms. The topological polar surface area (TPSA) is 116 Å². The van der Waals surface area contributed by atoms with Crippen molar-refractivity contribution < 1.29 is 18.7 Å². The Labute approximate surface area is 171 Å². The fraction of sp³-hybridized carbons (Fsp3) is 0.350. The molecule has 0 unspecified atom stereocenters. The molecule has 2 aliphatic heterocycles. The first-order chi connectivity index (χ1) is 14.7. The van der Waals surface area contributed by atoms with Gasteiger partial charge in [0.1, 0.15) is 18.2 Å². The van der Waals surface area contributed by atoms with Crippen LogP contribution >= 0.6 is 0 Å². The van der Waals surface area contributed by atoms with Gasteiger partial charge in [0.05, 0.1) is 68.0 Å². The predicted molar refractivity (Wildman–Crippen MR) is 104 cm³/mol. The summed E-state index contributed by atoms with van der Waals surface area (Å²) >= 11 is 0. The molecule has 0 aromatic carbocycles. The highest BCUT2D eigenvalue weighted by Gasteiger charge is 2.32. The molecule has 0 aliphatic carbocycles. The number of alkyl halides is 1. The molecule has 1 saturated heterocycles. The number of halogens is 1. The zero-order chi connectivity index (χ0) is 20.7. The number of anilines is 1. The van der Waals surface area contributed by atoms with E-state index in [0.717, 1.165) is 16.5 Å². The first-order valence-corrected chi connectivity index (χ1v) is 9.56. The number of nitrogen functional groups attached to an aromatic ring is 1.